The number of aromatic nitrogens is 2. The van der Waals surface area contributed by atoms with E-state index in [1.807, 2.05) is 0 Å². The quantitative estimate of drug-likeness (QED) is 0.674. The summed E-state index contributed by atoms with van der Waals surface area (Å²) >= 11 is 3.29. The van der Waals surface area contributed by atoms with Crippen LogP contribution >= 0.6 is 15.9 Å². The van der Waals surface area contributed by atoms with Crippen LogP contribution in [0.5, 0.6) is 11.6 Å². The molecule has 3 aromatic rings. The molecule has 1 aliphatic rings. The number of anilines is 2. The van der Waals surface area contributed by atoms with E-state index in [1.54, 1.807) is 55.8 Å². The molecule has 134 valence electrons. The number of fused-ring (bicyclic) bond motifs is 2. The van der Waals surface area contributed by atoms with Crippen molar-refractivity contribution in [3.63, 3.8) is 0 Å². The number of rotatable bonds is 2. The molecule has 2 aromatic heterocycles. The second kappa shape index (κ2) is 6.81. The molecule has 0 unspecified atom stereocenters. The van der Waals surface area contributed by atoms with E-state index in [-0.39, 0.29) is 11.8 Å². The molecule has 0 fully saturated rings. The van der Waals surface area contributed by atoms with E-state index in [1.165, 1.54) is 11.1 Å². The molecule has 1 aliphatic heterocycles. The Morgan fingerprint density at radius 2 is 2.07 bits per heavy atom. The van der Waals surface area contributed by atoms with E-state index < -0.39 is 0 Å². The summed E-state index contributed by atoms with van der Waals surface area (Å²) in [5, 5.41) is 2.77. The summed E-state index contributed by atoms with van der Waals surface area (Å²) in [5.74, 6) is 0.150. The number of hydrogen-bond acceptors (Lipinski definition) is 5. The lowest BCUT2D eigenvalue weighted by molar-refractivity contribution is 0.0990. The molecule has 0 spiro atoms. The number of nitrogens with zero attached hydrogens (tertiary/aromatic N) is 3. The first kappa shape index (κ1) is 17.2. The Morgan fingerprint density at radius 3 is 2.89 bits per heavy atom. The van der Waals surface area contributed by atoms with Gasteiger partial charge in [-0.25, -0.2) is 4.98 Å². The van der Waals surface area contributed by atoms with Crippen LogP contribution in [0.2, 0.25) is 0 Å². The molecule has 0 saturated heterocycles. The zero-order valence-electron chi connectivity index (χ0n) is 14.1. The second-order valence-electron chi connectivity index (χ2n) is 5.85. The van der Waals surface area contributed by atoms with E-state index in [4.69, 9.17) is 4.74 Å². The molecule has 0 saturated carbocycles. The van der Waals surface area contributed by atoms with Crippen molar-refractivity contribution in [2.45, 2.75) is 0 Å². The second-order valence-corrected chi connectivity index (χ2v) is 6.77. The van der Waals surface area contributed by atoms with Gasteiger partial charge in [0.1, 0.15) is 11.4 Å². The van der Waals surface area contributed by atoms with Crippen LogP contribution in [0, 0.1) is 0 Å². The maximum Gasteiger partial charge on any atom is 0.262 e. The number of ether oxygens (including phenoxy) is 1. The number of amides is 2. The Morgan fingerprint density at radius 1 is 1.22 bits per heavy atom. The standard InChI is InChI=1S/C19H13BrN4O3/c1-24-15-3-2-6-22-18(15)27-16-5-4-13(8-14(16)19(24)26)23-17(25)11-7-12(20)10-21-9-11/h2-10H,1H3,(H,23,25). The fraction of sp³-hybridized carbons (Fsp3) is 0.0526. The number of pyridine rings is 2. The average molecular weight is 425 g/mol. The molecule has 0 atom stereocenters. The summed E-state index contributed by atoms with van der Waals surface area (Å²) in [6.07, 6.45) is 4.66. The molecular formula is C19H13BrN4O3. The van der Waals surface area contributed by atoms with Gasteiger partial charge < -0.3 is 15.0 Å². The lowest BCUT2D eigenvalue weighted by Gasteiger charge is -2.15. The Hall–Kier alpha value is -3.26. The smallest absolute Gasteiger partial charge is 0.262 e. The van der Waals surface area contributed by atoms with Crippen molar-refractivity contribution in [2.24, 2.45) is 0 Å². The van der Waals surface area contributed by atoms with Gasteiger partial charge in [0, 0.05) is 35.8 Å². The van der Waals surface area contributed by atoms with E-state index in [2.05, 4.69) is 31.2 Å². The molecule has 3 heterocycles. The van der Waals surface area contributed by atoms with Crippen LogP contribution in [0.15, 0.2) is 59.5 Å². The highest BCUT2D eigenvalue weighted by atomic mass is 79.9. The lowest BCUT2D eigenvalue weighted by Crippen LogP contribution is -2.25. The predicted octanol–water partition coefficient (Wildman–Crippen LogP) is 3.87. The highest BCUT2D eigenvalue weighted by Gasteiger charge is 2.26. The first-order valence-electron chi connectivity index (χ1n) is 8.00. The molecule has 0 aliphatic carbocycles. The fourth-order valence-electron chi connectivity index (χ4n) is 2.71. The minimum atomic E-state index is -0.330. The van der Waals surface area contributed by atoms with Gasteiger partial charge in [-0.15, -0.1) is 0 Å². The highest BCUT2D eigenvalue weighted by Crippen LogP contribution is 2.37. The van der Waals surface area contributed by atoms with Gasteiger partial charge in [0.15, 0.2) is 0 Å². The van der Waals surface area contributed by atoms with Crippen molar-refractivity contribution < 1.29 is 14.3 Å². The van der Waals surface area contributed by atoms with Crippen LogP contribution in [-0.2, 0) is 0 Å². The van der Waals surface area contributed by atoms with Gasteiger partial charge >= 0.3 is 0 Å². The number of benzene rings is 1. The molecule has 2 amide bonds. The number of hydrogen-bond donors (Lipinski definition) is 1. The molecule has 0 radical (unpaired) electrons. The Balaban J connectivity index is 1.66. The van der Waals surface area contributed by atoms with Crippen molar-refractivity contribution in [2.75, 3.05) is 17.3 Å². The summed E-state index contributed by atoms with van der Waals surface area (Å²) in [6, 6.07) is 10.1. The lowest BCUT2D eigenvalue weighted by atomic mass is 10.1. The van der Waals surface area contributed by atoms with E-state index >= 15 is 0 Å². The zero-order valence-corrected chi connectivity index (χ0v) is 15.7. The molecular weight excluding hydrogens is 412 g/mol. The predicted molar refractivity (Wildman–Crippen MR) is 103 cm³/mol. The van der Waals surface area contributed by atoms with Crippen LogP contribution < -0.4 is 15.0 Å². The minimum absolute atomic E-state index is 0.253. The summed E-state index contributed by atoms with van der Waals surface area (Å²) in [5.41, 5.74) is 1.78. The molecule has 1 N–H and O–H groups in total. The van der Waals surface area contributed by atoms with Gasteiger partial charge in [0.25, 0.3) is 11.8 Å². The number of nitrogens with one attached hydrogen (secondary N) is 1. The van der Waals surface area contributed by atoms with Gasteiger partial charge in [-0.05, 0) is 52.3 Å². The summed E-state index contributed by atoms with van der Waals surface area (Å²) in [4.78, 5) is 34.9. The van der Waals surface area contributed by atoms with Crippen molar-refractivity contribution >= 4 is 39.1 Å². The first-order valence-corrected chi connectivity index (χ1v) is 8.79. The number of carbonyl (C=O) groups is 2. The molecule has 27 heavy (non-hydrogen) atoms. The number of halogens is 1. The van der Waals surface area contributed by atoms with E-state index in [0.717, 1.165) is 0 Å². The van der Waals surface area contributed by atoms with Gasteiger partial charge in [0.05, 0.1) is 11.1 Å². The zero-order chi connectivity index (χ0) is 19.0. The van der Waals surface area contributed by atoms with Crippen molar-refractivity contribution in [1.29, 1.82) is 0 Å². The third-order valence-corrected chi connectivity index (χ3v) is 4.49. The van der Waals surface area contributed by atoms with Crippen molar-refractivity contribution in [1.82, 2.24) is 9.97 Å². The highest BCUT2D eigenvalue weighted by molar-refractivity contribution is 9.10. The average Bonchev–Trinajstić information content (AvgIpc) is 2.78. The first-order chi connectivity index (χ1) is 13.0. The normalized spacial score (nSPS) is 12.5. The molecule has 1 aromatic carbocycles. The van der Waals surface area contributed by atoms with Gasteiger partial charge in [0.2, 0.25) is 5.88 Å². The Kier molecular flexibility index (Phi) is 4.33. The topological polar surface area (TPSA) is 84.4 Å². The molecule has 4 rings (SSSR count). The van der Waals surface area contributed by atoms with Gasteiger partial charge in [-0.1, -0.05) is 0 Å². The van der Waals surface area contributed by atoms with Crippen molar-refractivity contribution in [3.05, 3.63) is 70.6 Å². The molecule has 7 nitrogen and oxygen atoms in total. The van der Waals surface area contributed by atoms with E-state index in [9.17, 15) is 9.59 Å². The van der Waals surface area contributed by atoms with Gasteiger partial charge in [-0.2, -0.15) is 0 Å². The maximum atomic E-state index is 12.8. The molecule has 8 heteroatoms. The fourth-order valence-corrected chi connectivity index (χ4v) is 3.08. The maximum absolute atomic E-state index is 12.8. The molecule has 0 bridgehead atoms. The van der Waals surface area contributed by atoms with Crippen LogP contribution in [0.25, 0.3) is 0 Å². The summed E-state index contributed by atoms with van der Waals surface area (Å²) < 4.78 is 6.50. The van der Waals surface area contributed by atoms with Crippen LogP contribution in [-0.4, -0.2) is 28.8 Å². The largest absolute Gasteiger partial charge is 0.436 e. The third kappa shape index (κ3) is 3.26. The van der Waals surface area contributed by atoms with Crippen molar-refractivity contribution in [3.8, 4) is 11.6 Å². The van der Waals surface area contributed by atoms with Crippen LogP contribution in [0.3, 0.4) is 0 Å². The van der Waals surface area contributed by atoms with Crippen LogP contribution in [0.4, 0.5) is 11.4 Å². The monoisotopic (exact) mass is 424 g/mol. The minimum Gasteiger partial charge on any atom is -0.436 e. The van der Waals surface area contributed by atoms with Gasteiger partial charge in [-0.3, -0.25) is 14.6 Å². The number of carbonyl (C=O) groups excluding carboxylic acids is 2. The van der Waals surface area contributed by atoms with Crippen LogP contribution in [0.1, 0.15) is 20.7 Å². The van der Waals surface area contributed by atoms with E-state index in [0.29, 0.717) is 38.6 Å². The third-order valence-electron chi connectivity index (χ3n) is 4.06. The Labute approximate surface area is 163 Å². The summed E-state index contributed by atoms with van der Waals surface area (Å²) in [6.45, 7) is 0. The Bertz CT molecular complexity index is 1070. The SMILES string of the molecule is CN1C(=O)c2cc(NC(=O)c3cncc(Br)c3)ccc2Oc2ncccc21. The summed E-state index contributed by atoms with van der Waals surface area (Å²) in [7, 11) is 1.65.